The zero-order valence-electron chi connectivity index (χ0n) is 8.26. The summed E-state index contributed by atoms with van der Waals surface area (Å²) >= 11 is 0. The fraction of sp³-hybridized carbons (Fsp3) is 0.300. The fourth-order valence-corrected chi connectivity index (χ4v) is 1.06. The van der Waals surface area contributed by atoms with Crippen molar-refractivity contribution in [1.29, 1.82) is 0 Å². The Kier molecular flexibility index (Phi) is 3.74. The number of carbonyl (C=O) groups is 1. The van der Waals surface area contributed by atoms with Gasteiger partial charge in [-0.25, -0.2) is 8.78 Å². The summed E-state index contributed by atoms with van der Waals surface area (Å²) in [5, 5.41) is 2.46. The van der Waals surface area contributed by atoms with Gasteiger partial charge in [0.25, 0.3) is 0 Å². The van der Waals surface area contributed by atoms with Crippen molar-refractivity contribution in [2.24, 2.45) is 5.73 Å². The summed E-state index contributed by atoms with van der Waals surface area (Å²) in [6.07, 6.45) is 0. The van der Waals surface area contributed by atoms with Crippen LogP contribution in [0.5, 0.6) is 0 Å². The molecule has 0 bridgehead atoms. The molecule has 1 aromatic carbocycles. The molecule has 1 amide bonds. The molecule has 82 valence electrons. The second-order valence-electron chi connectivity index (χ2n) is 3.28. The maximum absolute atomic E-state index is 12.7. The number of rotatable bonds is 3. The van der Waals surface area contributed by atoms with Crippen LogP contribution in [0.4, 0.5) is 8.78 Å². The van der Waals surface area contributed by atoms with Crippen LogP contribution >= 0.6 is 0 Å². The summed E-state index contributed by atoms with van der Waals surface area (Å²) in [5.41, 5.74) is 5.66. The van der Waals surface area contributed by atoms with Gasteiger partial charge in [0.05, 0.1) is 6.04 Å². The van der Waals surface area contributed by atoms with Gasteiger partial charge in [-0.1, -0.05) is 0 Å². The first kappa shape index (κ1) is 11.6. The summed E-state index contributed by atoms with van der Waals surface area (Å²) in [7, 11) is 0. The Morgan fingerprint density at radius 3 is 2.40 bits per heavy atom. The first-order valence-corrected chi connectivity index (χ1v) is 4.47. The van der Waals surface area contributed by atoms with Crippen molar-refractivity contribution >= 4 is 5.91 Å². The monoisotopic (exact) mass is 214 g/mol. The molecule has 0 heterocycles. The number of amides is 1. The minimum Gasteiger partial charge on any atom is -0.351 e. The minimum absolute atomic E-state index is 0.0645. The normalized spacial score (nSPS) is 12.3. The molecule has 0 radical (unpaired) electrons. The van der Waals surface area contributed by atoms with E-state index in [4.69, 9.17) is 5.73 Å². The van der Waals surface area contributed by atoms with Crippen LogP contribution < -0.4 is 11.1 Å². The molecule has 1 rings (SSSR count). The second kappa shape index (κ2) is 4.84. The zero-order chi connectivity index (χ0) is 11.4. The number of nitrogens with two attached hydrogens (primary N) is 1. The molecule has 15 heavy (non-hydrogen) atoms. The summed E-state index contributed by atoms with van der Waals surface area (Å²) in [6, 6.07) is 2.45. The van der Waals surface area contributed by atoms with Gasteiger partial charge in [0.15, 0.2) is 0 Å². The van der Waals surface area contributed by atoms with Gasteiger partial charge in [-0.05, 0) is 24.6 Å². The third-order valence-corrected chi connectivity index (χ3v) is 1.80. The lowest BCUT2D eigenvalue weighted by Gasteiger charge is -2.07. The standard InChI is InChI=1S/C10H12F2N2O/c1-6(13)10(15)14-5-7-2-8(11)4-9(12)3-7/h2-4,6H,5,13H2,1H3,(H,14,15)/t6-/m1/s1. The lowest BCUT2D eigenvalue weighted by molar-refractivity contribution is -0.122. The first-order chi connectivity index (χ1) is 6.99. The molecule has 1 aromatic rings. The minimum atomic E-state index is -0.667. The van der Waals surface area contributed by atoms with Crippen LogP contribution in [0, 0.1) is 11.6 Å². The van der Waals surface area contributed by atoms with Crippen LogP contribution in [0.3, 0.4) is 0 Å². The quantitative estimate of drug-likeness (QED) is 0.786. The number of nitrogens with one attached hydrogen (secondary N) is 1. The Balaban J connectivity index is 2.61. The summed E-state index contributed by atoms with van der Waals surface area (Å²) in [4.78, 5) is 11.1. The topological polar surface area (TPSA) is 55.1 Å². The number of halogens is 2. The highest BCUT2D eigenvalue weighted by Gasteiger charge is 2.07. The third-order valence-electron chi connectivity index (χ3n) is 1.80. The van der Waals surface area contributed by atoms with Gasteiger partial charge in [0.1, 0.15) is 11.6 Å². The van der Waals surface area contributed by atoms with E-state index in [1.807, 2.05) is 0 Å². The van der Waals surface area contributed by atoms with Gasteiger partial charge < -0.3 is 11.1 Å². The van der Waals surface area contributed by atoms with Crippen molar-refractivity contribution in [2.45, 2.75) is 19.5 Å². The highest BCUT2D eigenvalue weighted by atomic mass is 19.1. The van der Waals surface area contributed by atoms with E-state index in [1.54, 1.807) is 0 Å². The van der Waals surface area contributed by atoms with E-state index < -0.39 is 17.7 Å². The Morgan fingerprint density at radius 1 is 1.40 bits per heavy atom. The SMILES string of the molecule is C[C@@H](N)C(=O)NCc1cc(F)cc(F)c1. The van der Waals surface area contributed by atoms with Crippen molar-refractivity contribution in [3.63, 3.8) is 0 Å². The Bertz CT molecular complexity index is 346. The average molecular weight is 214 g/mol. The molecule has 0 saturated carbocycles. The van der Waals surface area contributed by atoms with Crippen LogP contribution in [0.15, 0.2) is 18.2 Å². The number of carbonyl (C=O) groups excluding carboxylic acids is 1. The molecule has 0 aliphatic heterocycles. The molecule has 0 saturated heterocycles. The Morgan fingerprint density at radius 2 is 1.93 bits per heavy atom. The molecule has 1 atom stereocenters. The van der Waals surface area contributed by atoms with Crippen molar-refractivity contribution < 1.29 is 13.6 Å². The van der Waals surface area contributed by atoms with E-state index in [-0.39, 0.29) is 12.5 Å². The molecule has 0 aliphatic rings. The van der Waals surface area contributed by atoms with E-state index >= 15 is 0 Å². The van der Waals surface area contributed by atoms with Gasteiger partial charge in [0.2, 0.25) is 5.91 Å². The fourth-order valence-electron chi connectivity index (χ4n) is 1.06. The lowest BCUT2D eigenvalue weighted by Crippen LogP contribution is -2.37. The van der Waals surface area contributed by atoms with E-state index in [0.717, 1.165) is 18.2 Å². The van der Waals surface area contributed by atoms with Gasteiger partial charge in [-0.15, -0.1) is 0 Å². The molecule has 3 nitrogen and oxygen atoms in total. The highest BCUT2D eigenvalue weighted by molar-refractivity contribution is 5.80. The predicted octanol–water partition coefficient (Wildman–Crippen LogP) is 0.928. The number of benzene rings is 1. The first-order valence-electron chi connectivity index (χ1n) is 4.47. The van der Waals surface area contributed by atoms with Gasteiger partial charge in [-0.2, -0.15) is 0 Å². The van der Waals surface area contributed by atoms with E-state index in [0.29, 0.717) is 5.56 Å². The van der Waals surface area contributed by atoms with Crippen LogP contribution in [-0.2, 0) is 11.3 Å². The van der Waals surface area contributed by atoms with Crippen LogP contribution in [0.1, 0.15) is 12.5 Å². The Hall–Kier alpha value is -1.49. The van der Waals surface area contributed by atoms with E-state index in [1.165, 1.54) is 6.92 Å². The number of hydrogen-bond acceptors (Lipinski definition) is 2. The van der Waals surface area contributed by atoms with E-state index in [9.17, 15) is 13.6 Å². The number of hydrogen-bond donors (Lipinski definition) is 2. The van der Waals surface area contributed by atoms with Crippen LogP contribution in [0.25, 0.3) is 0 Å². The summed E-state index contributed by atoms with van der Waals surface area (Å²) < 4.78 is 25.5. The Labute approximate surface area is 86.3 Å². The highest BCUT2D eigenvalue weighted by Crippen LogP contribution is 2.07. The van der Waals surface area contributed by atoms with Crippen molar-refractivity contribution in [1.82, 2.24) is 5.32 Å². The predicted molar refractivity (Wildman–Crippen MR) is 51.9 cm³/mol. The molecule has 0 aromatic heterocycles. The van der Waals surface area contributed by atoms with Crippen molar-refractivity contribution in [3.05, 3.63) is 35.4 Å². The maximum Gasteiger partial charge on any atom is 0.236 e. The molecular weight excluding hydrogens is 202 g/mol. The summed E-state index contributed by atoms with van der Waals surface area (Å²) in [6.45, 7) is 1.59. The maximum atomic E-state index is 12.7. The van der Waals surface area contributed by atoms with Gasteiger partial charge in [-0.3, -0.25) is 4.79 Å². The average Bonchev–Trinajstić information content (AvgIpc) is 2.12. The van der Waals surface area contributed by atoms with Gasteiger partial charge in [0, 0.05) is 12.6 Å². The summed E-state index contributed by atoms with van der Waals surface area (Å²) in [5.74, 6) is -1.69. The second-order valence-corrected chi connectivity index (χ2v) is 3.28. The molecule has 0 fully saturated rings. The molecule has 0 spiro atoms. The molecular formula is C10H12F2N2O. The van der Waals surface area contributed by atoms with E-state index in [2.05, 4.69) is 5.32 Å². The van der Waals surface area contributed by atoms with Gasteiger partial charge >= 0.3 is 0 Å². The van der Waals surface area contributed by atoms with Crippen molar-refractivity contribution in [3.8, 4) is 0 Å². The largest absolute Gasteiger partial charge is 0.351 e. The molecule has 0 unspecified atom stereocenters. The molecule has 5 heteroatoms. The molecule has 3 N–H and O–H groups in total. The van der Waals surface area contributed by atoms with Crippen LogP contribution in [-0.4, -0.2) is 11.9 Å². The third kappa shape index (κ3) is 3.63. The van der Waals surface area contributed by atoms with Crippen molar-refractivity contribution in [2.75, 3.05) is 0 Å². The molecule has 0 aliphatic carbocycles. The van der Waals surface area contributed by atoms with Crippen LogP contribution in [0.2, 0.25) is 0 Å². The zero-order valence-corrected chi connectivity index (χ0v) is 8.26. The lowest BCUT2D eigenvalue weighted by atomic mass is 10.2. The smallest absolute Gasteiger partial charge is 0.236 e.